The highest BCUT2D eigenvalue weighted by atomic mass is 19.1. The van der Waals surface area contributed by atoms with Crippen molar-refractivity contribution in [2.45, 2.75) is 12.8 Å². The Morgan fingerprint density at radius 2 is 1.82 bits per heavy atom. The van der Waals surface area contributed by atoms with E-state index in [2.05, 4.69) is 5.32 Å². The first-order valence-electron chi connectivity index (χ1n) is 7.07. The Balaban J connectivity index is 1.62. The van der Waals surface area contributed by atoms with E-state index in [4.69, 9.17) is 0 Å². The molecule has 0 radical (unpaired) electrons. The maximum absolute atomic E-state index is 12.8. The second-order valence-corrected chi connectivity index (χ2v) is 5.16. The van der Waals surface area contributed by atoms with Crippen molar-refractivity contribution in [3.8, 4) is 0 Å². The molecule has 0 spiro atoms. The number of benzene rings is 2. The monoisotopic (exact) mass is 298 g/mol. The first-order valence-corrected chi connectivity index (χ1v) is 7.07. The first-order chi connectivity index (χ1) is 10.6. The zero-order valence-electron chi connectivity index (χ0n) is 11.9. The van der Waals surface area contributed by atoms with Crippen LogP contribution in [0.2, 0.25) is 0 Å². The quantitative estimate of drug-likeness (QED) is 0.886. The van der Waals surface area contributed by atoms with Gasteiger partial charge in [-0.3, -0.25) is 9.59 Å². The van der Waals surface area contributed by atoms with Gasteiger partial charge in [-0.1, -0.05) is 18.2 Å². The van der Waals surface area contributed by atoms with Crippen LogP contribution in [0, 0.1) is 5.82 Å². The van der Waals surface area contributed by atoms with Crippen molar-refractivity contribution in [1.29, 1.82) is 0 Å². The average molecular weight is 298 g/mol. The molecule has 2 aromatic rings. The molecule has 0 bridgehead atoms. The molecule has 0 fully saturated rings. The van der Waals surface area contributed by atoms with Gasteiger partial charge < -0.3 is 10.2 Å². The molecular formula is C17H15FN2O2. The van der Waals surface area contributed by atoms with Crippen LogP contribution in [0.25, 0.3) is 0 Å². The molecule has 0 aliphatic carbocycles. The third-order valence-corrected chi connectivity index (χ3v) is 3.63. The molecule has 2 amide bonds. The molecule has 0 unspecified atom stereocenters. The minimum absolute atomic E-state index is 0.230. The minimum Gasteiger partial charge on any atom is -0.326 e. The van der Waals surface area contributed by atoms with Crippen LogP contribution in [0.15, 0.2) is 48.5 Å². The lowest BCUT2D eigenvalue weighted by atomic mass is 10.2. The summed E-state index contributed by atoms with van der Waals surface area (Å²) in [5.41, 5.74) is 2.47. The fourth-order valence-corrected chi connectivity index (χ4v) is 2.57. The molecule has 1 heterocycles. The predicted molar refractivity (Wildman–Crippen MR) is 82.1 cm³/mol. The van der Waals surface area contributed by atoms with Crippen molar-refractivity contribution in [1.82, 2.24) is 0 Å². The van der Waals surface area contributed by atoms with Crippen molar-refractivity contribution in [2.75, 3.05) is 16.8 Å². The molecule has 2 aromatic carbocycles. The van der Waals surface area contributed by atoms with Gasteiger partial charge in [-0.15, -0.1) is 0 Å². The number of rotatable bonds is 3. The van der Waals surface area contributed by atoms with E-state index >= 15 is 0 Å². The molecule has 112 valence electrons. The SMILES string of the molecule is O=C(CC(=O)N1CCc2ccccc21)Nc1ccc(F)cc1. The number of carbonyl (C=O) groups is 2. The molecule has 0 aromatic heterocycles. The fraction of sp³-hybridized carbons (Fsp3) is 0.176. The maximum Gasteiger partial charge on any atom is 0.236 e. The van der Waals surface area contributed by atoms with Gasteiger partial charge in [0.25, 0.3) is 0 Å². The van der Waals surface area contributed by atoms with Gasteiger partial charge >= 0.3 is 0 Å². The molecule has 1 aliphatic heterocycles. The number of hydrogen-bond donors (Lipinski definition) is 1. The van der Waals surface area contributed by atoms with Crippen molar-refractivity contribution < 1.29 is 14.0 Å². The van der Waals surface area contributed by atoms with Gasteiger partial charge in [-0.25, -0.2) is 4.39 Å². The maximum atomic E-state index is 12.8. The van der Waals surface area contributed by atoms with Gasteiger partial charge in [0.1, 0.15) is 12.2 Å². The van der Waals surface area contributed by atoms with Crippen LogP contribution in [0.4, 0.5) is 15.8 Å². The summed E-state index contributed by atoms with van der Waals surface area (Å²) in [6.45, 7) is 0.599. The molecule has 0 saturated carbocycles. The standard InChI is InChI=1S/C17H15FN2O2/c18-13-5-7-14(8-6-13)19-16(21)11-17(22)20-10-9-12-3-1-2-4-15(12)20/h1-8H,9-11H2,(H,19,21). The Morgan fingerprint density at radius 1 is 1.09 bits per heavy atom. The van der Waals surface area contributed by atoms with Crippen LogP contribution in [0.3, 0.4) is 0 Å². The molecule has 1 N–H and O–H groups in total. The minimum atomic E-state index is -0.402. The van der Waals surface area contributed by atoms with Crippen LogP contribution in [-0.4, -0.2) is 18.4 Å². The predicted octanol–water partition coefficient (Wildman–Crippen LogP) is 2.74. The zero-order valence-corrected chi connectivity index (χ0v) is 11.9. The van der Waals surface area contributed by atoms with Crippen LogP contribution < -0.4 is 10.2 Å². The van der Waals surface area contributed by atoms with Gasteiger partial charge in [0.15, 0.2) is 0 Å². The number of carbonyl (C=O) groups excluding carboxylic acids is 2. The smallest absolute Gasteiger partial charge is 0.236 e. The number of amides is 2. The summed E-state index contributed by atoms with van der Waals surface area (Å²) in [5.74, 6) is -1.01. The normalized spacial score (nSPS) is 12.9. The molecular weight excluding hydrogens is 283 g/mol. The van der Waals surface area contributed by atoms with Gasteiger partial charge in [-0.05, 0) is 42.3 Å². The number of fused-ring (bicyclic) bond motifs is 1. The number of hydrogen-bond acceptors (Lipinski definition) is 2. The Bertz CT molecular complexity index is 713. The highest BCUT2D eigenvalue weighted by Crippen LogP contribution is 2.27. The molecule has 4 nitrogen and oxygen atoms in total. The Morgan fingerprint density at radius 3 is 2.59 bits per heavy atom. The van der Waals surface area contributed by atoms with E-state index < -0.39 is 5.91 Å². The van der Waals surface area contributed by atoms with Gasteiger partial charge in [0.2, 0.25) is 11.8 Å². The third kappa shape index (κ3) is 2.98. The lowest BCUT2D eigenvalue weighted by Crippen LogP contribution is -2.32. The Kier molecular flexibility index (Phi) is 3.87. The highest BCUT2D eigenvalue weighted by molar-refractivity contribution is 6.09. The lowest BCUT2D eigenvalue weighted by molar-refractivity contribution is -0.125. The summed E-state index contributed by atoms with van der Waals surface area (Å²) < 4.78 is 12.8. The molecule has 1 aliphatic rings. The van der Waals surface area contributed by atoms with E-state index in [1.165, 1.54) is 24.3 Å². The molecule has 22 heavy (non-hydrogen) atoms. The Labute approximate surface area is 127 Å². The Hall–Kier alpha value is -2.69. The lowest BCUT2D eigenvalue weighted by Gasteiger charge is -2.17. The average Bonchev–Trinajstić information content (AvgIpc) is 2.93. The van der Waals surface area contributed by atoms with Crippen molar-refractivity contribution in [2.24, 2.45) is 0 Å². The number of nitrogens with zero attached hydrogens (tertiary/aromatic N) is 1. The van der Waals surface area contributed by atoms with Gasteiger partial charge in [-0.2, -0.15) is 0 Å². The molecule has 5 heteroatoms. The fourth-order valence-electron chi connectivity index (χ4n) is 2.57. The second kappa shape index (κ2) is 5.97. The van der Waals surface area contributed by atoms with Crippen molar-refractivity contribution in [3.63, 3.8) is 0 Å². The van der Waals surface area contributed by atoms with Gasteiger partial charge in [0.05, 0.1) is 0 Å². The number of nitrogens with one attached hydrogen (secondary N) is 1. The summed E-state index contributed by atoms with van der Waals surface area (Å²) in [7, 11) is 0. The van der Waals surface area contributed by atoms with E-state index in [1.807, 2.05) is 24.3 Å². The molecule has 3 rings (SSSR count). The van der Waals surface area contributed by atoms with E-state index in [0.29, 0.717) is 12.2 Å². The molecule has 0 saturated heterocycles. The van der Waals surface area contributed by atoms with E-state index in [0.717, 1.165) is 17.7 Å². The summed E-state index contributed by atoms with van der Waals surface area (Å²) in [6.07, 6.45) is 0.577. The number of halogens is 1. The van der Waals surface area contributed by atoms with Crippen LogP contribution >= 0.6 is 0 Å². The largest absolute Gasteiger partial charge is 0.326 e. The van der Waals surface area contributed by atoms with Crippen molar-refractivity contribution >= 4 is 23.2 Å². The van der Waals surface area contributed by atoms with Crippen LogP contribution in [-0.2, 0) is 16.0 Å². The van der Waals surface area contributed by atoms with Gasteiger partial charge in [0, 0.05) is 17.9 Å². The van der Waals surface area contributed by atoms with Crippen molar-refractivity contribution in [3.05, 3.63) is 59.9 Å². The second-order valence-electron chi connectivity index (χ2n) is 5.16. The van der Waals surface area contributed by atoms with E-state index in [1.54, 1.807) is 4.90 Å². The summed E-state index contributed by atoms with van der Waals surface area (Å²) in [5, 5.41) is 2.59. The van der Waals surface area contributed by atoms with Crippen LogP contribution in [0.1, 0.15) is 12.0 Å². The van der Waals surface area contributed by atoms with E-state index in [-0.39, 0.29) is 18.1 Å². The highest BCUT2D eigenvalue weighted by Gasteiger charge is 2.25. The number of para-hydroxylation sites is 1. The van der Waals surface area contributed by atoms with Crippen LogP contribution in [0.5, 0.6) is 0 Å². The zero-order chi connectivity index (χ0) is 15.5. The van der Waals surface area contributed by atoms with E-state index in [9.17, 15) is 14.0 Å². The number of anilines is 2. The molecule has 0 atom stereocenters. The third-order valence-electron chi connectivity index (χ3n) is 3.63. The first kappa shape index (κ1) is 14.3. The summed E-state index contributed by atoms with van der Waals surface area (Å²) >= 11 is 0. The topological polar surface area (TPSA) is 49.4 Å². The summed E-state index contributed by atoms with van der Waals surface area (Å²) in [6, 6.07) is 13.1. The summed E-state index contributed by atoms with van der Waals surface area (Å²) in [4.78, 5) is 25.8.